The highest BCUT2D eigenvalue weighted by Crippen LogP contribution is 2.51. The Balaban J connectivity index is 1.74. The predicted molar refractivity (Wildman–Crippen MR) is 72.9 cm³/mol. The van der Waals surface area contributed by atoms with E-state index in [1.807, 2.05) is 0 Å². The zero-order valence-corrected chi connectivity index (χ0v) is 12.2. The van der Waals surface area contributed by atoms with Crippen molar-refractivity contribution < 1.29 is 14.4 Å². The predicted octanol–water partition coefficient (Wildman–Crippen LogP) is 2.76. The van der Waals surface area contributed by atoms with Crippen LogP contribution in [0.2, 0.25) is 0 Å². The van der Waals surface area contributed by atoms with Crippen LogP contribution in [-0.4, -0.2) is 27.0 Å². The molecule has 1 fully saturated rings. The van der Waals surface area contributed by atoms with E-state index in [2.05, 4.69) is 24.0 Å². The van der Waals surface area contributed by atoms with Gasteiger partial charge in [-0.25, -0.2) is 0 Å². The molecule has 0 radical (unpaired) electrons. The van der Waals surface area contributed by atoms with Gasteiger partial charge in [0, 0.05) is 6.42 Å². The summed E-state index contributed by atoms with van der Waals surface area (Å²) in [5, 5.41) is 12.8. The summed E-state index contributed by atoms with van der Waals surface area (Å²) in [6, 6.07) is 0. The minimum atomic E-state index is -0.697. The molecular formula is C13H20N2O3S. The lowest BCUT2D eigenvalue weighted by Crippen LogP contribution is -2.11. The fourth-order valence-electron chi connectivity index (χ4n) is 2.01. The standard InChI is InChI=1S/C13H20N2O3S/c1-9(2)5-11-14-10(15-18-11)7-19-8-13(3-4-13)6-12(16)17/h9H,3-8H2,1-2H3,(H,16,17). The van der Waals surface area contributed by atoms with Gasteiger partial charge >= 0.3 is 5.97 Å². The molecule has 1 heterocycles. The topological polar surface area (TPSA) is 76.2 Å². The first-order valence-electron chi connectivity index (χ1n) is 6.60. The maximum Gasteiger partial charge on any atom is 0.303 e. The third-order valence-electron chi connectivity index (χ3n) is 3.22. The van der Waals surface area contributed by atoms with E-state index in [0.29, 0.717) is 23.4 Å². The van der Waals surface area contributed by atoms with Crippen molar-refractivity contribution >= 4 is 17.7 Å². The second kappa shape index (κ2) is 5.94. The van der Waals surface area contributed by atoms with Crippen molar-refractivity contribution in [3.8, 4) is 0 Å². The normalized spacial score (nSPS) is 16.8. The number of carboxylic acid groups (broad SMARTS) is 1. The van der Waals surface area contributed by atoms with E-state index in [4.69, 9.17) is 9.63 Å². The maximum absolute atomic E-state index is 10.7. The van der Waals surface area contributed by atoms with Crippen molar-refractivity contribution in [1.29, 1.82) is 0 Å². The Bertz CT molecular complexity index is 441. The SMILES string of the molecule is CC(C)Cc1nc(CSCC2(CC(=O)O)CC2)no1. The average molecular weight is 284 g/mol. The van der Waals surface area contributed by atoms with Gasteiger partial charge < -0.3 is 9.63 Å². The molecule has 1 N–H and O–H groups in total. The van der Waals surface area contributed by atoms with Crippen LogP contribution >= 0.6 is 11.8 Å². The van der Waals surface area contributed by atoms with Crippen molar-refractivity contribution in [3.63, 3.8) is 0 Å². The lowest BCUT2D eigenvalue weighted by molar-refractivity contribution is -0.138. The quantitative estimate of drug-likeness (QED) is 0.791. The Labute approximate surface area is 117 Å². The summed E-state index contributed by atoms with van der Waals surface area (Å²) in [4.78, 5) is 15.1. The highest BCUT2D eigenvalue weighted by molar-refractivity contribution is 7.98. The summed E-state index contributed by atoms with van der Waals surface area (Å²) in [5.74, 6) is 2.78. The number of hydrogen-bond acceptors (Lipinski definition) is 5. The summed E-state index contributed by atoms with van der Waals surface area (Å²) in [5.41, 5.74) is 0.0288. The number of aromatic nitrogens is 2. The summed E-state index contributed by atoms with van der Waals surface area (Å²) >= 11 is 1.70. The number of rotatable bonds is 8. The number of hydrogen-bond donors (Lipinski definition) is 1. The minimum absolute atomic E-state index is 0.0288. The zero-order valence-electron chi connectivity index (χ0n) is 11.4. The molecule has 0 aromatic carbocycles. The summed E-state index contributed by atoms with van der Waals surface area (Å²) < 4.78 is 5.17. The molecule has 5 nitrogen and oxygen atoms in total. The molecular weight excluding hydrogens is 264 g/mol. The van der Waals surface area contributed by atoms with Gasteiger partial charge in [0.2, 0.25) is 5.89 Å². The molecule has 0 amide bonds. The van der Waals surface area contributed by atoms with E-state index in [1.165, 1.54) is 0 Å². The molecule has 0 bridgehead atoms. The number of aliphatic carboxylic acids is 1. The summed E-state index contributed by atoms with van der Waals surface area (Å²) in [7, 11) is 0. The molecule has 1 aromatic rings. The molecule has 1 aliphatic carbocycles. The maximum atomic E-state index is 10.7. The van der Waals surface area contributed by atoms with Crippen molar-refractivity contribution in [2.75, 3.05) is 5.75 Å². The Morgan fingerprint density at radius 2 is 2.26 bits per heavy atom. The van der Waals surface area contributed by atoms with E-state index in [9.17, 15) is 4.79 Å². The van der Waals surface area contributed by atoms with Crippen LogP contribution in [0.15, 0.2) is 4.52 Å². The van der Waals surface area contributed by atoms with E-state index in [1.54, 1.807) is 11.8 Å². The Hall–Kier alpha value is -1.04. The minimum Gasteiger partial charge on any atom is -0.481 e. The molecule has 0 aliphatic heterocycles. The molecule has 0 saturated heterocycles. The van der Waals surface area contributed by atoms with Gasteiger partial charge in [-0.3, -0.25) is 4.79 Å². The second-order valence-corrected chi connectivity index (χ2v) is 6.75. The third-order valence-corrected chi connectivity index (χ3v) is 4.49. The number of nitrogens with zero attached hydrogens (tertiary/aromatic N) is 2. The van der Waals surface area contributed by atoms with Gasteiger partial charge in [-0.1, -0.05) is 19.0 Å². The number of carboxylic acids is 1. The van der Waals surface area contributed by atoms with Gasteiger partial charge in [-0.15, -0.1) is 0 Å². The molecule has 106 valence electrons. The van der Waals surface area contributed by atoms with Gasteiger partial charge in [0.05, 0.1) is 12.2 Å². The van der Waals surface area contributed by atoms with E-state index < -0.39 is 5.97 Å². The highest BCUT2D eigenvalue weighted by Gasteiger charge is 2.44. The largest absolute Gasteiger partial charge is 0.481 e. The van der Waals surface area contributed by atoms with Gasteiger partial charge in [-0.05, 0) is 29.9 Å². The van der Waals surface area contributed by atoms with Crippen LogP contribution in [0.4, 0.5) is 0 Å². The lowest BCUT2D eigenvalue weighted by atomic mass is 10.1. The molecule has 1 aromatic heterocycles. The molecule has 1 aliphatic rings. The van der Waals surface area contributed by atoms with Gasteiger partial charge in [0.25, 0.3) is 0 Å². The molecule has 2 rings (SSSR count). The Morgan fingerprint density at radius 3 is 2.84 bits per heavy atom. The van der Waals surface area contributed by atoms with E-state index in [-0.39, 0.29) is 11.8 Å². The van der Waals surface area contributed by atoms with Crippen LogP contribution in [0, 0.1) is 11.3 Å². The monoisotopic (exact) mass is 284 g/mol. The van der Waals surface area contributed by atoms with Crippen molar-refractivity contribution in [2.24, 2.45) is 11.3 Å². The Kier molecular flexibility index (Phi) is 4.50. The van der Waals surface area contributed by atoms with Crippen LogP contribution in [0.25, 0.3) is 0 Å². The zero-order chi connectivity index (χ0) is 13.9. The van der Waals surface area contributed by atoms with Crippen molar-refractivity contribution in [2.45, 2.75) is 45.3 Å². The lowest BCUT2D eigenvalue weighted by Gasteiger charge is -2.10. The molecule has 6 heteroatoms. The van der Waals surface area contributed by atoms with Crippen molar-refractivity contribution in [1.82, 2.24) is 10.1 Å². The Morgan fingerprint density at radius 1 is 1.53 bits per heavy atom. The molecule has 19 heavy (non-hydrogen) atoms. The molecule has 0 atom stereocenters. The summed E-state index contributed by atoms with van der Waals surface area (Å²) in [6.07, 6.45) is 3.14. The smallest absolute Gasteiger partial charge is 0.303 e. The summed E-state index contributed by atoms with van der Waals surface area (Å²) in [6.45, 7) is 4.22. The van der Waals surface area contributed by atoms with Crippen LogP contribution in [-0.2, 0) is 17.0 Å². The average Bonchev–Trinajstić information content (AvgIpc) is 2.89. The number of carbonyl (C=O) groups is 1. The van der Waals surface area contributed by atoms with Gasteiger partial charge in [0.15, 0.2) is 5.82 Å². The first kappa shape index (κ1) is 14.4. The number of thioether (sulfide) groups is 1. The third kappa shape index (κ3) is 4.53. The van der Waals surface area contributed by atoms with Crippen LogP contribution in [0.3, 0.4) is 0 Å². The van der Waals surface area contributed by atoms with Crippen LogP contribution in [0.5, 0.6) is 0 Å². The van der Waals surface area contributed by atoms with E-state index in [0.717, 1.165) is 25.0 Å². The first-order chi connectivity index (χ1) is 8.99. The molecule has 0 spiro atoms. The van der Waals surface area contributed by atoms with Gasteiger partial charge in [0.1, 0.15) is 0 Å². The van der Waals surface area contributed by atoms with E-state index >= 15 is 0 Å². The molecule has 1 saturated carbocycles. The fourth-order valence-corrected chi connectivity index (χ4v) is 3.24. The van der Waals surface area contributed by atoms with Crippen LogP contribution in [0.1, 0.15) is 44.8 Å². The van der Waals surface area contributed by atoms with Crippen molar-refractivity contribution in [3.05, 3.63) is 11.7 Å². The first-order valence-corrected chi connectivity index (χ1v) is 7.76. The fraction of sp³-hybridized carbons (Fsp3) is 0.769. The molecule has 0 unspecified atom stereocenters. The second-order valence-electron chi connectivity index (χ2n) is 5.77. The highest BCUT2D eigenvalue weighted by atomic mass is 32.2. The van der Waals surface area contributed by atoms with Gasteiger partial charge in [-0.2, -0.15) is 16.7 Å². The van der Waals surface area contributed by atoms with Crippen LogP contribution < -0.4 is 0 Å².